The Kier molecular flexibility index (Phi) is 6.34. The van der Waals surface area contributed by atoms with Gasteiger partial charge in [-0.25, -0.2) is 14.8 Å². The molecule has 38 heavy (non-hydrogen) atoms. The number of aromatic nitrogens is 4. The molecule has 0 atom stereocenters. The molecule has 0 saturated carbocycles. The van der Waals surface area contributed by atoms with Crippen molar-refractivity contribution in [2.45, 2.75) is 71.4 Å². The van der Waals surface area contributed by atoms with E-state index < -0.39 is 5.60 Å². The van der Waals surface area contributed by atoms with Gasteiger partial charge in [0, 0.05) is 29.7 Å². The predicted octanol–water partition coefficient (Wildman–Crippen LogP) is 6.67. The number of carbonyl (C=O) groups excluding carboxylic acids is 1. The van der Waals surface area contributed by atoms with E-state index in [1.165, 1.54) is 33.6 Å². The third-order valence-corrected chi connectivity index (χ3v) is 8.40. The zero-order valence-electron chi connectivity index (χ0n) is 22.5. The van der Waals surface area contributed by atoms with E-state index >= 15 is 0 Å². The largest absolute Gasteiger partial charge is 0.444 e. The Balaban J connectivity index is 1.18. The third kappa shape index (κ3) is 4.87. The quantitative estimate of drug-likeness (QED) is 0.317. The number of hydrogen-bond acceptors (Lipinski definition) is 7. The van der Waals surface area contributed by atoms with Gasteiger partial charge in [-0.15, -0.1) is 11.3 Å². The average molecular weight is 531 g/mol. The maximum Gasteiger partial charge on any atom is 0.410 e. The summed E-state index contributed by atoms with van der Waals surface area (Å²) in [5.74, 6) is 0.573. The van der Waals surface area contributed by atoms with Crippen molar-refractivity contribution in [3.63, 3.8) is 0 Å². The van der Waals surface area contributed by atoms with E-state index in [9.17, 15) is 4.79 Å². The predicted molar refractivity (Wildman–Crippen MR) is 151 cm³/mol. The number of ether oxygens (including phenoxy) is 1. The van der Waals surface area contributed by atoms with Gasteiger partial charge in [-0.1, -0.05) is 18.2 Å². The minimum absolute atomic E-state index is 0.235. The molecule has 1 aromatic carbocycles. The Bertz CT molecular complexity index is 1490. The number of rotatable bonds is 4. The number of nitrogens with one attached hydrogen (secondary N) is 1. The van der Waals surface area contributed by atoms with Crippen molar-refractivity contribution in [1.82, 2.24) is 24.6 Å². The molecule has 2 aliphatic rings. The highest BCUT2D eigenvalue weighted by Crippen LogP contribution is 2.41. The van der Waals surface area contributed by atoms with Crippen LogP contribution in [0.3, 0.4) is 0 Å². The van der Waals surface area contributed by atoms with E-state index in [1.54, 1.807) is 16.2 Å². The van der Waals surface area contributed by atoms with Crippen LogP contribution in [-0.2, 0) is 17.6 Å². The summed E-state index contributed by atoms with van der Waals surface area (Å²) in [7, 11) is 0. The summed E-state index contributed by atoms with van der Waals surface area (Å²) in [4.78, 5) is 25.0. The standard InChI is InChI=1S/C29H34N6O2S/c1-18-25(23-10-6-8-19-7-5-9-22(19)23)26-24(38-18)16-30-27(33-26)32-20-15-31-35(17-20)21-11-13-34(14-12-21)28(36)37-29(2,3)4/h6,8,10,15-17,21H,5,7,9,11-14H2,1-4H3,(H,30,32,33). The lowest BCUT2D eigenvalue weighted by Gasteiger charge is -2.33. The van der Waals surface area contributed by atoms with E-state index in [4.69, 9.17) is 9.72 Å². The van der Waals surface area contributed by atoms with E-state index in [2.05, 4.69) is 40.5 Å². The summed E-state index contributed by atoms with van der Waals surface area (Å²) < 4.78 is 8.61. The average Bonchev–Trinajstić information content (AvgIpc) is 3.61. The van der Waals surface area contributed by atoms with Crippen LogP contribution in [-0.4, -0.2) is 49.4 Å². The summed E-state index contributed by atoms with van der Waals surface area (Å²) in [6.07, 6.45) is 10.7. The fraction of sp³-hybridized carbons (Fsp3) is 0.448. The maximum absolute atomic E-state index is 12.4. The highest BCUT2D eigenvalue weighted by Gasteiger charge is 2.28. The molecule has 1 aliphatic carbocycles. The number of benzene rings is 1. The lowest BCUT2D eigenvalue weighted by molar-refractivity contribution is 0.0185. The van der Waals surface area contributed by atoms with Gasteiger partial charge in [0.15, 0.2) is 0 Å². The van der Waals surface area contributed by atoms with Gasteiger partial charge in [0.25, 0.3) is 0 Å². The zero-order chi connectivity index (χ0) is 26.4. The van der Waals surface area contributed by atoms with Crippen molar-refractivity contribution < 1.29 is 9.53 Å². The van der Waals surface area contributed by atoms with Crippen LogP contribution >= 0.6 is 11.3 Å². The van der Waals surface area contributed by atoms with Crippen molar-refractivity contribution in [2.75, 3.05) is 18.4 Å². The number of aryl methyl sites for hydroxylation is 2. The van der Waals surface area contributed by atoms with Crippen molar-refractivity contribution in [1.29, 1.82) is 0 Å². The molecule has 198 valence electrons. The lowest BCUT2D eigenvalue weighted by Crippen LogP contribution is -2.42. The Morgan fingerprint density at radius 3 is 2.76 bits per heavy atom. The van der Waals surface area contributed by atoms with Crippen LogP contribution in [0.2, 0.25) is 0 Å². The number of amides is 1. The monoisotopic (exact) mass is 530 g/mol. The molecule has 9 heteroatoms. The number of carbonyl (C=O) groups is 1. The van der Waals surface area contributed by atoms with Crippen LogP contribution in [0.5, 0.6) is 0 Å². The first-order chi connectivity index (χ1) is 18.2. The number of piperidine rings is 1. The lowest BCUT2D eigenvalue weighted by atomic mass is 9.96. The molecule has 0 spiro atoms. The third-order valence-electron chi connectivity index (χ3n) is 7.37. The van der Waals surface area contributed by atoms with Crippen LogP contribution in [0.15, 0.2) is 36.8 Å². The topological polar surface area (TPSA) is 85.2 Å². The second kappa shape index (κ2) is 9.69. The van der Waals surface area contributed by atoms with Crippen LogP contribution < -0.4 is 5.32 Å². The van der Waals surface area contributed by atoms with Gasteiger partial charge in [0.05, 0.1) is 34.3 Å². The molecule has 0 bridgehead atoms. The summed E-state index contributed by atoms with van der Waals surface area (Å²) >= 11 is 1.76. The SMILES string of the molecule is Cc1sc2cnc(Nc3cnn(C4CCN(C(=O)OC(C)(C)C)CC4)c3)nc2c1-c1cccc2c1CCC2. The van der Waals surface area contributed by atoms with Crippen LogP contribution in [0.25, 0.3) is 21.3 Å². The Labute approximate surface area is 227 Å². The molecule has 1 amide bonds. The molecule has 6 rings (SSSR count). The Morgan fingerprint density at radius 1 is 1.16 bits per heavy atom. The van der Waals surface area contributed by atoms with Crippen LogP contribution in [0.1, 0.15) is 62.1 Å². The number of hydrogen-bond donors (Lipinski definition) is 1. The van der Waals surface area contributed by atoms with Crippen molar-refractivity contribution >= 4 is 39.3 Å². The van der Waals surface area contributed by atoms with Gasteiger partial charge in [0.2, 0.25) is 5.95 Å². The number of thiophene rings is 1. The normalized spacial score (nSPS) is 16.2. The molecule has 1 aliphatic heterocycles. The van der Waals surface area contributed by atoms with Crippen molar-refractivity contribution in [3.8, 4) is 11.1 Å². The number of fused-ring (bicyclic) bond motifs is 2. The summed E-state index contributed by atoms with van der Waals surface area (Å²) in [6.45, 7) is 9.18. The van der Waals surface area contributed by atoms with E-state index in [0.29, 0.717) is 19.0 Å². The molecule has 4 heterocycles. The minimum Gasteiger partial charge on any atom is -0.444 e. The second-order valence-corrected chi connectivity index (χ2v) is 12.5. The summed E-state index contributed by atoms with van der Waals surface area (Å²) in [6, 6.07) is 6.91. The van der Waals surface area contributed by atoms with Gasteiger partial charge in [-0.2, -0.15) is 5.10 Å². The molecule has 8 nitrogen and oxygen atoms in total. The number of anilines is 2. The van der Waals surface area contributed by atoms with Gasteiger partial charge in [-0.05, 0) is 76.5 Å². The molecular formula is C29H34N6O2S. The summed E-state index contributed by atoms with van der Waals surface area (Å²) in [5, 5.41) is 7.97. The molecule has 0 unspecified atom stereocenters. The van der Waals surface area contributed by atoms with E-state index in [-0.39, 0.29) is 12.1 Å². The molecule has 1 fully saturated rings. The Morgan fingerprint density at radius 2 is 1.97 bits per heavy atom. The maximum atomic E-state index is 12.4. The first kappa shape index (κ1) is 24.9. The van der Waals surface area contributed by atoms with Crippen LogP contribution in [0, 0.1) is 6.92 Å². The molecule has 4 aromatic rings. The first-order valence-electron chi connectivity index (χ1n) is 13.4. The molecule has 1 N–H and O–H groups in total. The molecule has 0 radical (unpaired) electrons. The van der Waals surface area contributed by atoms with Crippen molar-refractivity contribution in [3.05, 3.63) is 52.8 Å². The fourth-order valence-corrected chi connectivity index (χ4v) is 6.60. The van der Waals surface area contributed by atoms with Crippen molar-refractivity contribution in [2.24, 2.45) is 0 Å². The number of likely N-dealkylation sites (tertiary alicyclic amines) is 1. The van der Waals surface area contributed by atoms with E-state index in [0.717, 1.165) is 41.6 Å². The Hall–Kier alpha value is -3.46. The molecular weight excluding hydrogens is 496 g/mol. The highest BCUT2D eigenvalue weighted by atomic mass is 32.1. The second-order valence-electron chi connectivity index (χ2n) is 11.3. The summed E-state index contributed by atoms with van der Waals surface area (Å²) in [5.41, 5.74) is 6.88. The van der Waals surface area contributed by atoms with Gasteiger partial charge in [0.1, 0.15) is 5.60 Å². The zero-order valence-corrected chi connectivity index (χ0v) is 23.3. The fourth-order valence-electron chi connectivity index (χ4n) is 5.61. The molecule has 1 saturated heterocycles. The van der Waals surface area contributed by atoms with Crippen LogP contribution in [0.4, 0.5) is 16.4 Å². The minimum atomic E-state index is -0.481. The van der Waals surface area contributed by atoms with Gasteiger partial charge in [-0.3, -0.25) is 4.68 Å². The van der Waals surface area contributed by atoms with Gasteiger partial charge >= 0.3 is 6.09 Å². The molecule has 3 aromatic heterocycles. The highest BCUT2D eigenvalue weighted by molar-refractivity contribution is 7.19. The van der Waals surface area contributed by atoms with Gasteiger partial charge < -0.3 is 15.0 Å². The first-order valence-corrected chi connectivity index (χ1v) is 14.2. The van der Waals surface area contributed by atoms with E-state index in [1.807, 2.05) is 44.0 Å². The number of nitrogens with zero attached hydrogens (tertiary/aromatic N) is 5. The smallest absolute Gasteiger partial charge is 0.410 e.